The minimum atomic E-state index is -0.928. The summed E-state index contributed by atoms with van der Waals surface area (Å²) in [5, 5.41) is 5.10. The van der Waals surface area contributed by atoms with Gasteiger partial charge in [-0.25, -0.2) is 0 Å². The summed E-state index contributed by atoms with van der Waals surface area (Å²) < 4.78 is 0. The summed E-state index contributed by atoms with van der Waals surface area (Å²) in [5.74, 6) is -2.19. The maximum Gasteiger partial charge on any atom is 0.243 e. The minimum absolute atomic E-state index is 0.0486. The lowest BCUT2D eigenvalue weighted by Crippen LogP contribution is -2.54. The van der Waals surface area contributed by atoms with Crippen LogP contribution in [0.5, 0.6) is 0 Å². The van der Waals surface area contributed by atoms with Crippen LogP contribution in [-0.4, -0.2) is 53.6 Å². The van der Waals surface area contributed by atoms with Crippen LogP contribution in [0.2, 0.25) is 0 Å². The van der Waals surface area contributed by atoms with Gasteiger partial charge in [0.25, 0.3) is 0 Å². The van der Waals surface area contributed by atoms with Gasteiger partial charge in [-0.3, -0.25) is 14.4 Å². The molecule has 0 aromatic heterocycles. The van der Waals surface area contributed by atoms with Crippen molar-refractivity contribution in [1.29, 1.82) is 0 Å². The molecule has 0 bridgehead atoms. The molecule has 0 spiro atoms. The van der Waals surface area contributed by atoms with Gasteiger partial charge >= 0.3 is 0 Å². The molecule has 0 aliphatic rings. The molecule has 3 amide bonds. The summed E-state index contributed by atoms with van der Waals surface area (Å²) in [6.45, 7) is 1.85. The second-order valence-corrected chi connectivity index (χ2v) is 6.51. The molecule has 0 heterocycles. The molecule has 0 rings (SSSR count). The number of hydrogen-bond donors (Lipinski definition) is 6. The average Bonchev–Trinajstić information content (AvgIpc) is 2.55. The van der Waals surface area contributed by atoms with E-state index in [0.717, 1.165) is 0 Å². The van der Waals surface area contributed by atoms with Gasteiger partial charge in [0.1, 0.15) is 17.9 Å². The van der Waals surface area contributed by atoms with Crippen LogP contribution in [0, 0.1) is 5.92 Å². The van der Waals surface area contributed by atoms with Crippen LogP contribution >= 0.6 is 25.3 Å². The molecular formula is C15H28N4O4S2. The molecule has 144 valence electrons. The van der Waals surface area contributed by atoms with Crippen molar-refractivity contribution >= 4 is 48.8 Å². The fourth-order valence-corrected chi connectivity index (χ4v) is 2.68. The number of thiol groups is 2. The van der Waals surface area contributed by atoms with Gasteiger partial charge in [-0.05, 0) is 32.7 Å². The van der Waals surface area contributed by atoms with Gasteiger partial charge in [0.2, 0.25) is 17.7 Å². The molecule has 0 aromatic rings. The molecular weight excluding hydrogens is 364 g/mol. The van der Waals surface area contributed by atoms with Crippen LogP contribution in [-0.2, 0) is 19.2 Å². The van der Waals surface area contributed by atoms with Gasteiger partial charge in [-0.1, -0.05) is 0 Å². The monoisotopic (exact) mass is 392 g/mol. The molecule has 3 atom stereocenters. The Balaban J connectivity index is 5.01. The molecule has 0 aromatic carbocycles. The van der Waals surface area contributed by atoms with Crippen molar-refractivity contribution < 1.29 is 19.2 Å². The van der Waals surface area contributed by atoms with Crippen molar-refractivity contribution in [2.45, 2.75) is 44.7 Å². The predicted octanol–water partition coefficient (Wildman–Crippen LogP) is -0.975. The Bertz CT molecular complexity index is 476. The summed E-state index contributed by atoms with van der Waals surface area (Å²) in [7, 11) is 0. The third-order valence-corrected chi connectivity index (χ3v) is 4.35. The number of carbonyl (C=O) groups excluding carboxylic acids is 4. The SMILES string of the molecule is CC(=O)CC(CS)C(=O)NC(CCCCN)C(=O)NC(CS)C(N)=O. The van der Waals surface area contributed by atoms with Gasteiger partial charge in [-0.15, -0.1) is 0 Å². The van der Waals surface area contributed by atoms with Crippen molar-refractivity contribution in [1.82, 2.24) is 10.6 Å². The number of rotatable bonds is 13. The van der Waals surface area contributed by atoms with Crippen molar-refractivity contribution in [3.63, 3.8) is 0 Å². The van der Waals surface area contributed by atoms with E-state index in [-0.39, 0.29) is 23.7 Å². The standard InChI is InChI=1S/C15H28N4O4S2/c1-9(20)6-10(7-24)14(22)18-11(4-2-3-5-16)15(23)19-12(8-25)13(17)21/h10-12,24-25H,2-8,16H2,1H3,(H2,17,21)(H,18,22)(H,19,23). The fourth-order valence-electron chi connectivity index (χ4n) is 2.12. The zero-order chi connectivity index (χ0) is 19.4. The third-order valence-electron chi connectivity index (χ3n) is 3.55. The van der Waals surface area contributed by atoms with Crippen molar-refractivity contribution in [3.8, 4) is 0 Å². The number of amides is 3. The lowest BCUT2D eigenvalue weighted by Gasteiger charge is -2.23. The van der Waals surface area contributed by atoms with E-state index in [9.17, 15) is 19.2 Å². The first-order valence-corrected chi connectivity index (χ1v) is 9.34. The molecule has 6 N–H and O–H groups in total. The topological polar surface area (TPSA) is 144 Å². The summed E-state index contributed by atoms with van der Waals surface area (Å²) in [6.07, 6.45) is 1.71. The Hall–Kier alpha value is -1.26. The zero-order valence-corrected chi connectivity index (χ0v) is 16.2. The van der Waals surface area contributed by atoms with Crippen LogP contribution in [0.25, 0.3) is 0 Å². The smallest absolute Gasteiger partial charge is 0.243 e. The Morgan fingerprint density at radius 2 is 1.56 bits per heavy atom. The first-order chi connectivity index (χ1) is 11.8. The van der Waals surface area contributed by atoms with Crippen molar-refractivity contribution in [2.24, 2.45) is 17.4 Å². The molecule has 8 nitrogen and oxygen atoms in total. The summed E-state index contributed by atoms with van der Waals surface area (Å²) in [5.41, 5.74) is 10.6. The van der Waals surface area contributed by atoms with E-state index in [4.69, 9.17) is 11.5 Å². The Labute approximate surface area is 159 Å². The summed E-state index contributed by atoms with van der Waals surface area (Å²) >= 11 is 8.06. The van der Waals surface area contributed by atoms with E-state index in [0.29, 0.717) is 25.8 Å². The predicted molar refractivity (Wildman–Crippen MR) is 102 cm³/mol. The highest BCUT2D eigenvalue weighted by atomic mass is 32.1. The van der Waals surface area contributed by atoms with E-state index in [2.05, 4.69) is 35.9 Å². The molecule has 0 fully saturated rings. The quantitative estimate of drug-likeness (QED) is 0.176. The Kier molecular flexibility index (Phi) is 12.4. The minimum Gasteiger partial charge on any atom is -0.368 e. The van der Waals surface area contributed by atoms with Crippen LogP contribution in [0.3, 0.4) is 0 Å². The number of nitrogens with two attached hydrogens (primary N) is 2. The van der Waals surface area contributed by atoms with Gasteiger partial charge in [-0.2, -0.15) is 25.3 Å². The van der Waals surface area contributed by atoms with E-state index < -0.39 is 35.7 Å². The number of unbranched alkanes of at least 4 members (excludes halogenated alkanes) is 1. The van der Waals surface area contributed by atoms with E-state index in [1.807, 2.05) is 0 Å². The first-order valence-electron chi connectivity index (χ1n) is 8.08. The summed E-state index contributed by atoms with van der Waals surface area (Å²) in [6, 6.07) is -1.78. The lowest BCUT2D eigenvalue weighted by molar-refractivity contribution is -0.133. The third kappa shape index (κ3) is 9.71. The molecule has 0 radical (unpaired) electrons. The largest absolute Gasteiger partial charge is 0.368 e. The van der Waals surface area contributed by atoms with Gasteiger partial charge in [0.15, 0.2) is 0 Å². The van der Waals surface area contributed by atoms with E-state index >= 15 is 0 Å². The molecule has 0 saturated carbocycles. The first kappa shape index (κ1) is 23.7. The molecule has 10 heteroatoms. The second-order valence-electron chi connectivity index (χ2n) is 5.78. The average molecular weight is 393 g/mol. The lowest BCUT2D eigenvalue weighted by atomic mass is 10.0. The molecule has 3 unspecified atom stereocenters. The van der Waals surface area contributed by atoms with Gasteiger partial charge < -0.3 is 26.9 Å². The maximum atomic E-state index is 12.4. The number of nitrogens with one attached hydrogen (secondary N) is 2. The van der Waals surface area contributed by atoms with Crippen molar-refractivity contribution in [2.75, 3.05) is 18.1 Å². The number of Topliss-reactive ketones (excluding diaryl/α,β-unsaturated/α-hetero) is 1. The highest BCUT2D eigenvalue weighted by molar-refractivity contribution is 7.80. The molecule has 25 heavy (non-hydrogen) atoms. The zero-order valence-electron chi connectivity index (χ0n) is 14.4. The van der Waals surface area contributed by atoms with Crippen LogP contribution in [0.1, 0.15) is 32.6 Å². The highest BCUT2D eigenvalue weighted by Gasteiger charge is 2.27. The normalized spacial score (nSPS) is 14.2. The van der Waals surface area contributed by atoms with Crippen LogP contribution < -0.4 is 22.1 Å². The second kappa shape index (κ2) is 13.0. The number of primary amides is 1. The van der Waals surface area contributed by atoms with Crippen LogP contribution in [0.4, 0.5) is 0 Å². The Morgan fingerprint density at radius 1 is 0.960 bits per heavy atom. The van der Waals surface area contributed by atoms with E-state index in [1.165, 1.54) is 6.92 Å². The fraction of sp³-hybridized carbons (Fsp3) is 0.733. The molecule has 0 aliphatic carbocycles. The number of carbonyl (C=O) groups is 4. The van der Waals surface area contributed by atoms with Crippen molar-refractivity contribution in [3.05, 3.63) is 0 Å². The highest BCUT2D eigenvalue weighted by Crippen LogP contribution is 2.09. The number of ketones is 1. The molecule has 0 aliphatic heterocycles. The van der Waals surface area contributed by atoms with Gasteiger partial charge in [0, 0.05) is 17.9 Å². The molecule has 0 saturated heterocycles. The van der Waals surface area contributed by atoms with Gasteiger partial charge in [0.05, 0.1) is 5.92 Å². The maximum absolute atomic E-state index is 12.4. The number of hydrogen-bond acceptors (Lipinski definition) is 7. The van der Waals surface area contributed by atoms with E-state index in [1.54, 1.807) is 0 Å². The van der Waals surface area contributed by atoms with Crippen LogP contribution in [0.15, 0.2) is 0 Å². The summed E-state index contributed by atoms with van der Waals surface area (Å²) in [4.78, 5) is 47.2. The Morgan fingerprint density at radius 3 is 2.00 bits per heavy atom.